The largest absolute Gasteiger partial charge is 0.493 e. The number of para-hydroxylation sites is 1. The third kappa shape index (κ3) is 4.63. The van der Waals surface area contributed by atoms with Crippen molar-refractivity contribution in [2.45, 2.75) is 0 Å². The summed E-state index contributed by atoms with van der Waals surface area (Å²) in [6.07, 6.45) is -0.880. The average Bonchev–Trinajstić information content (AvgIpc) is 2.55. The van der Waals surface area contributed by atoms with E-state index in [4.69, 9.17) is 14.2 Å². The van der Waals surface area contributed by atoms with Gasteiger partial charge in [-0.2, -0.15) is 0 Å². The Kier molecular flexibility index (Phi) is 5.40. The first-order valence-corrected chi connectivity index (χ1v) is 6.69. The van der Waals surface area contributed by atoms with Crippen molar-refractivity contribution < 1.29 is 23.8 Å². The van der Waals surface area contributed by atoms with Crippen LogP contribution in [0, 0.1) is 0 Å². The normalized spacial score (nSPS) is 9.65. The van der Waals surface area contributed by atoms with Gasteiger partial charge in [0.25, 0.3) is 0 Å². The highest BCUT2D eigenvalue weighted by Gasteiger charge is 2.11. The van der Waals surface area contributed by atoms with Crippen molar-refractivity contribution in [2.24, 2.45) is 0 Å². The number of nitrogens with one attached hydrogen (secondary N) is 2. The van der Waals surface area contributed by atoms with Crippen LogP contribution >= 0.6 is 0 Å². The molecule has 2 rings (SSSR count). The van der Waals surface area contributed by atoms with E-state index in [1.807, 2.05) is 0 Å². The molecule has 0 bridgehead atoms. The van der Waals surface area contributed by atoms with E-state index in [9.17, 15) is 9.59 Å². The van der Waals surface area contributed by atoms with E-state index in [0.717, 1.165) is 0 Å². The number of ether oxygens (including phenoxy) is 3. The lowest BCUT2D eigenvalue weighted by atomic mass is 10.3. The molecule has 0 saturated carbocycles. The molecule has 0 aliphatic carbocycles. The Bertz CT molecular complexity index is 688. The molecule has 0 aliphatic heterocycles. The quantitative estimate of drug-likeness (QED) is 0.905. The molecular weight excluding hydrogens is 300 g/mol. The van der Waals surface area contributed by atoms with Gasteiger partial charge in [0.15, 0.2) is 11.5 Å². The molecule has 0 aromatic heterocycles. The maximum absolute atomic E-state index is 11.8. The van der Waals surface area contributed by atoms with Crippen LogP contribution in [-0.2, 0) is 0 Å². The predicted molar refractivity (Wildman–Crippen MR) is 84.2 cm³/mol. The zero-order chi connectivity index (χ0) is 16.7. The molecule has 23 heavy (non-hydrogen) atoms. The number of anilines is 1. The number of amides is 3. The number of hydrogen-bond donors (Lipinski definition) is 2. The van der Waals surface area contributed by atoms with Crippen LogP contribution < -0.4 is 24.8 Å². The minimum absolute atomic E-state index is 0.337. The molecule has 0 aliphatic rings. The van der Waals surface area contributed by atoms with Crippen molar-refractivity contribution in [1.29, 1.82) is 0 Å². The summed E-state index contributed by atoms with van der Waals surface area (Å²) in [5.74, 6) is 1.32. The van der Waals surface area contributed by atoms with Crippen molar-refractivity contribution in [2.75, 3.05) is 19.5 Å². The zero-order valence-corrected chi connectivity index (χ0v) is 12.7. The second kappa shape index (κ2) is 7.69. The Morgan fingerprint density at radius 2 is 1.61 bits per heavy atom. The summed E-state index contributed by atoms with van der Waals surface area (Å²) in [6.45, 7) is 0. The Hall–Kier alpha value is -3.22. The highest BCUT2D eigenvalue weighted by atomic mass is 16.6. The van der Waals surface area contributed by atoms with Gasteiger partial charge in [0.1, 0.15) is 5.75 Å². The van der Waals surface area contributed by atoms with Crippen molar-refractivity contribution >= 4 is 17.8 Å². The van der Waals surface area contributed by atoms with Crippen LogP contribution in [-0.4, -0.2) is 26.3 Å². The second-order valence-electron chi connectivity index (χ2n) is 4.35. The average molecular weight is 316 g/mol. The first-order chi connectivity index (χ1) is 11.1. The highest BCUT2D eigenvalue weighted by molar-refractivity contribution is 5.99. The van der Waals surface area contributed by atoms with Crippen LogP contribution in [0.3, 0.4) is 0 Å². The van der Waals surface area contributed by atoms with Gasteiger partial charge in [-0.1, -0.05) is 18.2 Å². The molecular formula is C16H16N2O5. The molecule has 0 unspecified atom stereocenters. The fourth-order valence-electron chi connectivity index (χ4n) is 1.79. The summed E-state index contributed by atoms with van der Waals surface area (Å²) < 4.78 is 15.2. The smallest absolute Gasteiger partial charge is 0.420 e. The summed E-state index contributed by atoms with van der Waals surface area (Å²) in [4.78, 5) is 23.4. The predicted octanol–water partition coefficient (Wildman–Crippen LogP) is 3.02. The van der Waals surface area contributed by atoms with Crippen LogP contribution in [0.1, 0.15) is 0 Å². The van der Waals surface area contributed by atoms with Crippen LogP contribution in [0.15, 0.2) is 48.5 Å². The third-order valence-electron chi connectivity index (χ3n) is 2.81. The standard InChI is InChI=1S/C16H16N2O5/c1-21-13-9-8-11(10-14(13)22-2)17-15(19)18-16(20)23-12-6-4-3-5-7-12/h3-10H,1-2H3,(H2,17,18,19,20). The number of benzene rings is 2. The summed E-state index contributed by atoms with van der Waals surface area (Å²) in [6, 6.07) is 12.5. The van der Waals surface area contributed by atoms with E-state index in [-0.39, 0.29) is 0 Å². The van der Waals surface area contributed by atoms with Gasteiger partial charge in [-0.3, -0.25) is 0 Å². The Labute approximate surface area is 133 Å². The second-order valence-corrected chi connectivity index (χ2v) is 4.35. The SMILES string of the molecule is COc1ccc(NC(=O)NC(=O)Oc2ccccc2)cc1OC. The molecule has 0 saturated heterocycles. The summed E-state index contributed by atoms with van der Waals surface area (Å²) in [7, 11) is 3.00. The highest BCUT2D eigenvalue weighted by Crippen LogP contribution is 2.29. The molecule has 7 heteroatoms. The van der Waals surface area contributed by atoms with E-state index >= 15 is 0 Å². The third-order valence-corrected chi connectivity index (χ3v) is 2.81. The maximum atomic E-state index is 11.8. The van der Waals surface area contributed by atoms with Gasteiger partial charge in [0, 0.05) is 11.8 Å². The lowest BCUT2D eigenvalue weighted by Gasteiger charge is -2.11. The number of carbonyl (C=O) groups is 2. The van der Waals surface area contributed by atoms with Crippen LogP contribution in [0.25, 0.3) is 0 Å². The molecule has 2 aromatic carbocycles. The molecule has 0 heterocycles. The number of carbonyl (C=O) groups excluding carboxylic acids is 2. The fraction of sp³-hybridized carbons (Fsp3) is 0.125. The summed E-state index contributed by atoms with van der Waals surface area (Å²) in [5.41, 5.74) is 0.438. The number of hydrogen-bond acceptors (Lipinski definition) is 5. The van der Waals surface area contributed by atoms with Gasteiger partial charge in [0.05, 0.1) is 14.2 Å². The number of urea groups is 1. The lowest BCUT2D eigenvalue weighted by molar-refractivity contribution is 0.199. The van der Waals surface area contributed by atoms with E-state index in [1.165, 1.54) is 14.2 Å². The van der Waals surface area contributed by atoms with Gasteiger partial charge < -0.3 is 19.5 Å². The van der Waals surface area contributed by atoms with Gasteiger partial charge >= 0.3 is 12.1 Å². The van der Waals surface area contributed by atoms with Crippen molar-refractivity contribution in [3.8, 4) is 17.2 Å². The van der Waals surface area contributed by atoms with E-state index in [2.05, 4.69) is 10.6 Å². The monoisotopic (exact) mass is 316 g/mol. The molecule has 7 nitrogen and oxygen atoms in total. The molecule has 2 N–H and O–H groups in total. The molecule has 0 atom stereocenters. The Morgan fingerprint density at radius 1 is 0.913 bits per heavy atom. The Morgan fingerprint density at radius 3 is 2.26 bits per heavy atom. The van der Waals surface area contributed by atoms with E-state index < -0.39 is 12.1 Å². The van der Waals surface area contributed by atoms with Gasteiger partial charge in [-0.25, -0.2) is 14.9 Å². The molecule has 2 aromatic rings. The molecule has 0 spiro atoms. The van der Waals surface area contributed by atoms with Crippen molar-refractivity contribution in [1.82, 2.24) is 5.32 Å². The van der Waals surface area contributed by atoms with Crippen LogP contribution in [0.4, 0.5) is 15.3 Å². The molecule has 0 radical (unpaired) electrons. The number of imide groups is 1. The van der Waals surface area contributed by atoms with Gasteiger partial charge in [0.2, 0.25) is 0 Å². The molecule has 0 fully saturated rings. The van der Waals surface area contributed by atoms with Gasteiger partial charge in [-0.15, -0.1) is 0 Å². The number of rotatable bonds is 4. The molecule has 3 amide bonds. The van der Waals surface area contributed by atoms with E-state index in [1.54, 1.807) is 48.5 Å². The lowest BCUT2D eigenvalue weighted by Crippen LogP contribution is -2.36. The summed E-state index contributed by atoms with van der Waals surface area (Å²) >= 11 is 0. The Balaban J connectivity index is 1.93. The first-order valence-electron chi connectivity index (χ1n) is 6.69. The minimum Gasteiger partial charge on any atom is -0.493 e. The van der Waals surface area contributed by atoms with Crippen molar-refractivity contribution in [3.05, 3.63) is 48.5 Å². The summed E-state index contributed by atoms with van der Waals surface area (Å²) in [5, 5.41) is 4.56. The topological polar surface area (TPSA) is 85.9 Å². The fourth-order valence-corrected chi connectivity index (χ4v) is 1.79. The molecule has 120 valence electrons. The van der Waals surface area contributed by atoms with E-state index in [0.29, 0.717) is 22.9 Å². The minimum atomic E-state index is -0.880. The van der Waals surface area contributed by atoms with Crippen molar-refractivity contribution in [3.63, 3.8) is 0 Å². The maximum Gasteiger partial charge on any atom is 0.420 e. The van der Waals surface area contributed by atoms with Crippen LogP contribution in [0.2, 0.25) is 0 Å². The zero-order valence-electron chi connectivity index (χ0n) is 12.7. The first kappa shape index (κ1) is 16.2. The van der Waals surface area contributed by atoms with Gasteiger partial charge in [-0.05, 0) is 24.3 Å². The number of methoxy groups -OCH3 is 2. The van der Waals surface area contributed by atoms with Crippen LogP contribution in [0.5, 0.6) is 17.2 Å².